The van der Waals surface area contributed by atoms with Gasteiger partial charge >= 0.3 is 5.97 Å². The molecule has 1 aromatic rings. The lowest BCUT2D eigenvalue weighted by Crippen LogP contribution is -2.32. The molecule has 0 saturated carbocycles. The quantitative estimate of drug-likeness (QED) is 0.782. The van der Waals surface area contributed by atoms with E-state index in [0.717, 1.165) is 4.88 Å². The van der Waals surface area contributed by atoms with Crippen LogP contribution >= 0.6 is 11.3 Å². The number of carbonyl (C=O) groups is 1. The number of nitrogens with zero attached hydrogens (tertiary/aromatic N) is 1. The van der Waals surface area contributed by atoms with Crippen molar-refractivity contribution in [1.82, 2.24) is 5.32 Å². The molecule has 1 atom stereocenters. The molecule has 0 bridgehead atoms. The number of aliphatic carboxylic acids is 1. The van der Waals surface area contributed by atoms with E-state index in [1.54, 1.807) is 13.0 Å². The molecule has 0 radical (unpaired) electrons. The third-order valence-electron chi connectivity index (χ3n) is 1.72. The molecule has 1 heterocycles. The van der Waals surface area contributed by atoms with Crippen LogP contribution in [-0.2, 0) is 11.3 Å². The van der Waals surface area contributed by atoms with Gasteiger partial charge in [-0.15, -0.1) is 11.3 Å². The molecule has 2 N–H and O–H groups in total. The van der Waals surface area contributed by atoms with Gasteiger partial charge in [-0.3, -0.25) is 10.1 Å². The van der Waals surface area contributed by atoms with Crippen molar-refractivity contribution in [1.29, 1.82) is 5.26 Å². The Balaban J connectivity index is 2.46. The minimum absolute atomic E-state index is 0.486. The molecule has 0 aliphatic heterocycles. The Hall–Kier alpha value is -1.38. The second-order valence-corrected chi connectivity index (χ2v) is 3.99. The normalized spacial score (nSPS) is 12.0. The van der Waals surface area contributed by atoms with Crippen LogP contribution in [0.4, 0.5) is 0 Å². The summed E-state index contributed by atoms with van der Waals surface area (Å²) in [5, 5.41) is 20.0. The molecule has 5 heteroatoms. The second-order valence-electron chi connectivity index (χ2n) is 2.82. The standard InChI is InChI=1S/C9H10N2O2S/c1-6(9(12)13)11-5-8-3-2-7(4-10)14-8/h2-3,6,11H,5H2,1H3,(H,12,13). The fourth-order valence-electron chi connectivity index (χ4n) is 0.874. The Bertz CT molecular complexity index is 367. The summed E-state index contributed by atoms with van der Waals surface area (Å²) >= 11 is 1.37. The van der Waals surface area contributed by atoms with Crippen molar-refractivity contribution in [3.8, 4) is 6.07 Å². The molecule has 1 unspecified atom stereocenters. The van der Waals surface area contributed by atoms with Gasteiger partial charge in [0.1, 0.15) is 17.0 Å². The highest BCUT2D eigenvalue weighted by atomic mass is 32.1. The first-order valence-corrected chi connectivity index (χ1v) is 4.90. The Morgan fingerprint density at radius 1 is 1.79 bits per heavy atom. The monoisotopic (exact) mass is 210 g/mol. The number of carboxylic acid groups (broad SMARTS) is 1. The molecular formula is C9H10N2O2S. The minimum Gasteiger partial charge on any atom is -0.480 e. The van der Waals surface area contributed by atoms with Gasteiger partial charge in [-0.05, 0) is 19.1 Å². The maximum Gasteiger partial charge on any atom is 0.320 e. The molecule has 0 aromatic carbocycles. The van der Waals surface area contributed by atoms with Gasteiger partial charge in [-0.2, -0.15) is 5.26 Å². The summed E-state index contributed by atoms with van der Waals surface area (Å²) in [5.74, 6) is -0.873. The average Bonchev–Trinajstić information content (AvgIpc) is 2.61. The predicted molar refractivity (Wildman–Crippen MR) is 53.0 cm³/mol. The van der Waals surface area contributed by atoms with Gasteiger partial charge < -0.3 is 5.11 Å². The number of carboxylic acids is 1. The molecule has 74 valence electrons. The topological polar surface area (TPSA) is 73.1 Å². The number of rotatable bonds is 4. The fourth-order valence-corrected chi connectivity index (χ4v) is 1.63. The van der Waals surface area contributed by atoms with Crippen molar-refractivity contribution in [3.63, 3.8) is 0 Å². The van der Waals surface area contributed by atoms with Gasteiger partial charge in [-0.25, -0.2) is 0 Å². The van der Waals surface area contributed by atoms with Crippen LogP contribution in [0.25, 0.3) is 0 Å². The van der Waals surface area contributed by atoms with E-state index in [4.69, 9.17) is 10.4 Å². The average molecular weight is 210 g/mol. The Kier molecular flexibility index (Phi) is 3.63. The molecule has 0 saturated heterocycles. The SMILES string of the molecule is CC(NCc1ccc(C#N)s1)C(=O)O. The van der Waals surface area contributed by atoms with E-state index in [0.29, 0.717) is 11.4 Å². The van der Waals surface area contributed by atoms with Crippen molar-refractivity contribution < 1.29 is 9.90 Å². The van der Waals surface area contributed by atoms with Gasteiger partial charge in [0, 0.05) is 11.4 Å². The molecule has 1 aromatic heterocycles. The van der Waals surface area contributed by atoms with Crippen molar-refractivity contribution in [2.24, 2.45) is 0 Å². The number of nitriles is 1. The first kappa shape index (κ1) is 10.7. The van der Waals surface area contributed by atoms with E-state index in [1.165, 1.54) is 11.3 Å². The van der Waals surface area contributed by atoms with E-state index in [9.17, 15) is 4.79 Å². The molecule has 14 heavy (non-hydrogen) atoms. The molecule has 0 amide bonds. The lowest BCUT2D eigenvalue weighted by molar-refractivity contribution is -0.139. The third-order valence-corrected chi connectivity index (χ3v) is 2.71. The number of thiophene rings is 1. The zero-order chi connectivity index (χ0) is 10.6. The smallest absolute Gasteiger partial charge is 0.320 e. The van der Waals surface area contributed by atoms with Crippen LogP contribution in [-0.4, -0.2) is 17.1 Å². The van der Waals surface area contributed by atoms with Crippen LogP contribution in [0.3, 0.4) is 0 Å². The molecule has 4 nitrogen and oxygen atoms in total. The molecule has 0 aliphatic rings. The van der Waals surface area contributed by atoms with Gasteiger partial charge in [0.15, 0.2) is 0 Å². The summed E-state index contributed by atoms with van der Waals surface area (Å²) in [5.41, 5.74) is 0. The van der Waals surface area contributed by atoms with Crippen molar-refractivity contribution in [3.05, 3.63) is 21.9 Å². The third kappa shape index (κ3) is 2.83. The molecular weight excluding hydrogens is 200 g/mol. The molecule has 0 aliphatic carbocycles. The first-order chi connectivity index (χ1) is 6.63. The summed E-state index contributed by atoms with van der Waals surface area (Å²) in [6.45, 7) is 2.07. The Morgan fingerprint density at radius 2 is 2.50 bits per heavy atom. The summed E-state index contributed by atoms with van der Waals surface area (Å²) in [4.78, 5) is 12.1. The van der Waals surface area contributed by atoms with E-state index in [2.05, 4.69) is 5.32 Å². The number of hydrogen-bond acceptors (Lipinski definition) is 4. The first-order valence-electron chi connectivity index (χ1n) is 4.08. The van der Waals surface area contributed by atoms with Crippen LogP contribution in [0, 0.1) is 11.3 Å². The molecule has 0 spiro atoms. The molecule has 0 fully saturated rings. The van der Waals surface area contributed by atoms with Crippen molar-refractivity contribution in [2.45, 2.75) is 19.5 Å². The van der Waals surface area contributed by atoms with Crippen LogP contribution in [0.2, 0.25) is 0 Å². The molecule has 1 rings (SSSR count). The van der Waals surface area contributed by atoms with Gasteiger partial charge in [0.25, 0.3) is 0 Å². The fraction of sp³-hybridized carbons (Fsp3) is 0.333. The summed E-state index contributed by atoms with van der Waals surface area (Å²) in [7, 11) is 0. The summed E-state index contributed by atoms with van der Waals surface area (Å²) in [6.07, 6.45) is 0. The zero-order valence-corrected chi connectivity index (χ0v) is 8.47. The largest absolute Gasteiger partial charge is 0.480 e. The van der Waals surface area contributed by atoms with Crippen LogP contribution < -0.4 is 5.32 Å². The van der Waals surface area contributed by atoms with Gasteiger partial charge in [-0.1, -0.05) is 0 Å². The van der Waals surface area contributed by atoms with Gasteiger partial charge in [0.2, 0.25) is 0 Å². The van der Waals surface area contributed by atoms with E-state index in [1.807, 2.05) is 12.1 Å². The van der Waals surface area contributed by atoms with Crippen LogP contribution in [0.15, 0.2) is 12.1 Å². The summed E-state index contributed by atoms with van der Waals surface area (Å²) in [6, 6.07) is 5.02. The lowest BCUT2D eigenvalue weighted by Gasteiger charge is -2.06. The number of hydrogen-bond donors (Lipinski definition) is 2. The highest BCUT2D eigenvalue weighted by Gasteiger charge is 2.09. The second kappa shape index (κ2) is 4.74. The Morgan fingerprint density at radius 3 is 3.00 bits per heavy atom. The van der Waals surface area contributed by atoms with E-state index >= 15 is 0 Å². The lowest BCUT2D eigenvalue weighted by atomic mass is 10.3. The maximum atomic E-state index is 10.5. The van der Waals surface area contributed by atoms with Crippen LogP contribution in [0.1, 0.15) is 16.7 Å². The van der Waals surface area contributed by atoms with Gasteiger partial charge in [0.05, 0.1) is 0 Å². The van der Waals surface area contributed by atoms with E-state index < -0.39 is 12.0 Å². The summed E-state index contributed by atoms with van der Waals surface area (Å²) < 4.78 is 0. The number of nitrogens with one attached hydrogen (secondary N) is 1. The van der Waals surface area contributed by atoms with Crippen LogP contribution in [0.5, 0.6) is 0 Å². The minimum atomic E-state index is -0.873. The van der Waals surface area contributed by atoms with Crippen molar-refractivity contribution in [2.75, 3.05) is 0 Å². The maximum absolute atomic E-state index is 10.5. The van der Waals surface area contributed by atoms with Crippen molar-refractivity contribution >= 4 is 17.3 Å². The highest BCUT2D eigenvalue weighted by Crippen LogP contribution is 2.14. The highest BCUT2D eigenvalue weighted by molar-refractivity contribution is 7.12. The Labute approximate surface area is 85.8 Å². The van der Waals surface area contributed by atoms with E-state index in [-0.39, 0.29) is 0 Å². The zero-order valence-electron chi connectivity index (χ0n) is 7.65. The predicted octanol–water partition coefficient (Wildman–Crippen LogP) is 1.18.